The lowest BCUT2D eigenvalue weighted by molar-refractivity contribution is -0.238. The van der Waals surface area contributed by atoms with Gasteiger partial charge in [0.15, 0.2) is 0 Å². The monoisotopic (exact) mass is 218 g/mol. The lowest BCUT2D eigenvalue weighted by Gasteiger charge is -2.43. The maximum atomic E-state index is 5.74. The molecule has 0 aliphatic carbocycles. The molecule has 0 saturated carbocycles. The summed E-state index contributed by atoms with van der Waals surface area (Å²) in [5, 5.41) is 0. The molecule has 15 heavy (non-hydrogen) atoms. The van der Waals surface area contributed by atoms with Crippen LogP contribution in [0, 0.1) is 0 Å². The van der Waals surface area contributed by atoms with Crippen molar-refractivity contribution in [2.45, 2.75) is 51.3 Å². The molecular formula is C11H22O4. The van der Waals surface area contributed by atoms with Crippen LogP contribution in [0.3, 0.4) is 0 Å². The summed E-state index contributed by atoms with van der Waals surface area (Å²) in [4.78, 5) is 0. The zero-order valence-corrected chi connectivity index (χ0v) is 10.2. The fourth-order valence-corrected chi connectivity index (χ4v) is 2.25. The van der Waals surface area contributed by atoms with Crippen molar-refractivity contribution in [3.63, 3.8) is 0 Å². The van der Waals surface area contributed by atoms with Crippen LogP contribution in [0.15, 0.2) is 0 Å². The van der Waals surface area contributed by atoms with Crippen molar-refractivity contribution in [2.24, 2.45) is 0 Å². The first-order chi connectivity index (χ1) is 7.15. The van der Waals surface area contributed by atoms with Crippen LogP contribution in [0.4, 0.5) is 0 Å². The van der Waals surface area contributed by atoms with Gasteiger partial charge in [0.25, 0.3) is 0 Å². The van der Waals surface area contributed by atoms with Gasteiger partial charge in [-0.25, -0.2) is 0 Å². The third-order valence-electron chi connectivity index (χ3n) is 2.91. The Kier molecular flexibility index (Phi) is 4.99. The Morgan fingerprint density at radius 2 is 1.40 bits per heavy atom. The standard InChI is InChI=1S/C11H22O4/c1-6-14-11-9(12-4)7(2)15-8(3)10(11)13-5/h7-11H,6H2,1-5H3/t7-,8?,9?,10-,11?/m0/s1. The summed E-state index contributed by atoms with van der Waals surface area (Å²) in [6, 6.07) is 0. The number of hydrogen-bond acceptors (Lipinski definition) is 4. The first-order valence-corrected chi connectivity index (χ1v) is 5.48. The van der Waals surface area contributed by atoms with E-state index in [0.717, 1.165) is 0 Å². The number of rotatable bonds is 4. The molecule has 0 aromatic rings. The van der Waals surface area contributed by atoms with Crippen molar-refractivity contribution in [2.75, 3.05) is 20.8 Å². The average molecular weight is 218 g/mol. The van der Waals surface area contributed by atoms with Crippen LogP contribution in [0.5, 0.6) is 0 Å². The summed E-state index contributed by atoms with van der Waals surface area (Å²) < 4.78 is 22.3. The predicted molar refractivity (Wildman–Crippen MR) is 57.0 cm³/mol. The molecule has 3 unspecified atom stereocenters. The van der Waals surface area contributed by atoms with E-state index < -0.39 is 0 Å². The summed E-state index contributed by atoms with van der Waals surface area (Å²) in [5.74, 6) is 0. The zero-order chi connectivity index (χ0) is 11.4. The van der Waals surface area contributed by atoms with Gasteiger partial charge in [0.2, 0.25) is 0 Å². The third kappa shape index (κ3) is 2.69. The van der Waals surface area contributed by atoms with Crippen LogP contribution in [-0.2, 0) is 18.9 Å². The molecule has 4 nitrogen and oxygen atoms in total. The summed E-state index contributed by atoms with van der Waals surface area (Å²) in [6.45, 7) is 6.64. The van der Waals surface area contributed by atoms with Crippen LogP contribution in [0.2, 0.25) is 0 Å². The van der Waals surface area contributed by atoms with Crippen molar-refractivity contribution in [3.05, 3.63) is 0 Å². The van der Waals surface area contributed by atoms with E-state index >= 15 is 0 Å². The normalized spacial score (nSPS) is 41.8. The van der Waals surface area contributed by atoms with Crippen LogP contribution < -0.4 is 0 Å². The predicted octanol–water partition coefficient (Wildman–Crippen LogP) is 1.23. The van der Waals surface area contributed by atoms with Gasteiger partial charge in [-0.3, -0.25) is 0 Å². The van der Waals surface area contributed by atoms with E-state index in [1.165, 1.54) is 0 Å². The van der Waals surface area contributed by atoms with Crippen molar-refractivity contribution in [1.82, 2.24) is 0 Å². The molecule has 0 spiro atoms. The Bertz CT molecular complexity index is 169. The van der Waals surface area contributed by atoms with Gasteiger partial charge in [0.05, 0.1) is 12.2 Å². The Morgan fingerprint density at radius 3 is 1.73 bits per heavy atom. The van der Waals surface area contributed by atoms with Gasteiger partial charge in [-0.05, 0) is 20.8 Å². The molecule has 1 aliphatic heterocycles. The highest BCUT2D eigenvalue weighted by molar-refractivity contribution is 4.91. The maximum Gasteiger partial charge on any atom is 0.115 e. The highest BCUT2D eigenvalue weighted by Gasteiger charge is 2.43. The molecule has 1 heterocycles. The minimum Gasteiger partial charge on any atom is -0.376 e. The summed E-state index contributed by atoms with van der Waals surface area (Å²) >= 11 is 0. The summed E-state index contributed by atoms with van der Waals surface area (Å²) in [5.41, 5.74) is 0. The fraction of sp³-hybridized carbons (Fsp3) is 1.00. The van der Waals surface area contributed by atoms with E-state index in [-0.39, 0.29) is 30.5 Å². The molecule has 1 saturated heterocycles. The molecule has 1 fully saturated rings. The zero-order valence-electron chi connectivity index (χ0n) is 10.2. The average Bonchev–Trinajstić information content (AvgIpc) is 2.18. The van der Waals surface area contributed by atoms with Crippen molar-refractivity contribution >= 4 is 0 Å². The molecule has 1 rings (SSSR count). The van der Waals surface area contributed by atoms with E-state index in [2.05, 4.69) is 0 Å². The second-order valence-corrected chi connectivity index (χ2v) is 3.87. The lowest BCUT2D eigenvalue weighted by Crippen LogP contribution is -2.58. The van der Waals surface area contributed by atoms with E-state index in [4.69, 9.17) is 18.9 Å². The first-order valence-electron chi connectivity index (χ1n) is 5.48. The topological polar surface area (TPSA) is 36.9 Å². The van der Waals surface area contributed by atoms with Crippen LogP contribution in [-0.4, -0.2) is 51.3 Å². The quantitative estimate of drug-likeness (QED) is 0.711. The van der Waals surface area contributed by atoms with Crippen molar-refractivity contribution in [3.8, 4) is 0 Å². The van der Waals surface area contributed by atoms with Gasteiger partial charge in [-0.2, -0.15) is 0 Å². The second kappa shape index (κ2) is 5.80. The SMILES string of the molecule is CCOC1C(OC)[C@H](C)OC(C)[C@@H]1OC. The minimum atomic E-state index is -0.0638. The Morgan fingerprint density at radius 1 is 0.933 bits per heavy atom. The van der Waals surface area contributed by atoms with Gasteiger partial charge in [-0.1, -0.05) is 0 Å². The van der Waals surface area contributed by atoms with E-state index in [9.17, 15) is 0 Å². The molecule has 4 heteroatoms. The lowest BCUT2D eigenvalue weighted by atomic mass is 9.96. The second-order valence-electron chi connectivity index (χ2n) is 3.87. The summed E-state index contributed by atoms with van der Waals surface area (Å²) in [6.07, 6.45) is -0.109. The van der Waals surface area contributed by atoms with Gasteiger partial charge < -0.3 is 18.9 Å². The summed E-state index contributed by atoms with van der Waals surface area (Å²) in [7, 11) is 3.36. The fourth-order valence-electron chi connectivity index (χ4n) is 2.25. The van der Waals surface area contributed by atoms with Crippen LogP contribution in [0.25, 0.3) is 0 Å². The van der Waals surface area contributed by atoms with E-state index in [0.29, 0.717) is 6.61 Å². The van der Waals surface area contributed by atoms with E-state index in [1.54, 1.807) is 14.2 Å². The molecule has 0 radical (unpaired) electrons. The smallest absolute Gasteiger partial charge is 0.115 e. The molecule has 1 aliphatic rings. The van der Waals surface area contributed by atoms with Crippen molar-refractivity contribution < 1.29 is 18.9 Å². The Labute approximate surface area is 91.8 Å². The molecule has 0 N–H and O–H groups in total. The molecular weight excluding hydrogens is 196 g/mol. The van der Waals surface area contributed by atoms with E-state index in [1.807, 2.05) is 20.8 Å². The minimum absolute atomic E-state index is 0.0351. The Hall–Kier alpha value is -0.160. The van der Waals surface area contributed by atoms with Crippen molar-refractivity contribution in [1.29, 1.82) is 0 Å². The van der Waals surface area contributed by atoms with Gasteiger partial charge in [0, 0.05) is 20.8 Å². The highest BCUT2D eigenvalue weighted by atomic mass is 16.6. The molecule has 0 bridgehead atoms. The van der Waals surface area contributed by atoms with Gasteiger partial charge in [0.1, 0.15) is 18.3 Å². The molecule has 5 atom stereocenters. The van der Waals surface area contributed by atoms with Gasteiger partial charge >= 0.3 is 0 Å². The molecule has 0 aromatic heterocycles. The number of hydrogen-bond donors (Lipinski definition) is 0. The molecule has 0 amide bonds. The highest BCUT2D eigenvalue weighted by Crippen LogP contribution is 2.26. The van der Waals surface area contributed by atoms with Gasteiger partial charge in [-0.15, -0.1) is 0 Å². The maximum absolute atomic E-state index is 5.74. The van der Waals surface area contributed by atoms with Crippen LogP contribution in [0.1, 0.15) is 20.8 Å². The van der Waals surface area contributed by atoms with Crippen LogP contribution >= 0.6 is 0 Å². The first kappa shape index (κ1) is 12.9. The molecule has 0 aromatic carbocycles. The Balaban J connectivity index is 2.77. The largest absolute Gasteiger partial charge is 0.376 e. The molecule has 90 valence electrons. The third-order valence-corrected chi connectivity index (χ3v) is 2.91. The number of ether oxygens (including phenoxy) is 4. The number of methoxy groups -OCH3 is 2.